The number of rotatable bonds is 2. The second-order valence-corrected chi connectivity index (χ2v) is 6.30. The standard InChI is InChI=1S/C21H20N4O/c26-21(24-19-11-4-6-14-22-19)25-15-7-5-10-17-12-13-18(23-20(17)25)16-8-2-1-3-9-16/h1-4,6,8-9,11-14H,5,7,10,15H2,(H,22,24,26). The highest BCUT2D eigenvalue weighted by molar-refractivity contribution is 6.01. The number of fused-ring (bicyclic) bond motifs is 1. The fourth-order valence-corrected chi connectivity index (χ4v) is 3.18. The van der Waals surface area contributed by atoms with Crippen LogP contribution in [-0.4, -0.2) is 22.5 Å². The highest BCUT2D eigenvalue weighted by Gasteiger charge is 2.23. The largest absolute Gasteiger partial charge is 0.328 e. The molecule has 5 heteroatoms. The number of urea groups is 1. The summed E-state index contributed by atoms with van der Waals surface area (Å²) in [6.45, 7) is 0.650. The monoisotopic (exact) mass is 344 g/mol. The maximum absolute atomic E-state index is 12.9. The first-order chi connectivity index (χ1) is 12.8. The predicted octanol–water partition coefficient (Wildman–Crippen LogP) is 4.52. The van der Waals surface area contributed by atoms with Crippen LogP contribution >= 0.6 is 0 Å². The van der Waals surface area contributed by atoms with Crippen molar-refractivity contribution in [3.8, 4) is 11.3 Å². The lowest BCUT2D eigenvalue weighted by atomic mass is 10.1. The van der Waals surface area contributed by atoms with Crippen molar-refractivity contribution in [3.63, 3.8) is 0 Å². The van der Waals surface area contributed by atoms with Gasteiger partial charge in [-0.25, -0.2) is 14.8 Å². The van der Waals surface area contributed by atoms with Crippen LogP contribution < -0.4 is 10.2 Å². The second kappa shape index (κ2) is 7.35. The average molecular weight is 344 g/mol. The van der Waals surface area contributed by atoms with E-state index < -0.39 is 0 Å². The lowest BCUT2D eigenvalue weighted by Gasteiger charge is -2.22. The molecule has 0 spiro atoms. The molecular weight excluding hydrogens is 324 g/mol. The van der Waals surface area contributed by atoms with Crippen LogP contribution in [0.2, 0.25) is 0 Å². The van der Waals surface area contributed by atoms with Crippen LogP contribution in [0.15, 0.2) is 66.9 Å². The van der Waals surface area contributed by atoms with Crippen molar-refractivity contribution in [1.82, 2.24) is 9.97 Å². The molecule has 26 heavy (non-hydrogen) atoms. The van der Waals surface area contributed by atoms with E-state index >= 15 is 0 Å². The molecule has 0 saturated carbocycles. The van der Waals surface area contributed by atoms with E-state index in [2.05, 4.69) is 16.4 Å². The topological polar surface area (TPSA) is 58.1 Å². The molecule has 5 nitrogen and oxygen atoms in total. The van der Waals surface area contributed by atoms with Gasteiger partial charge in [-0.15, -0.1) is 0 Å². The molecule has 0 unspecified atom stereocenters. The molecule has 4 rings (SSSR count). The zero-order valence-electron chi connectivity index (χ0n) is 14.4. The Morgan fingerprint density at radius 3 is 2.62 bits per heavy atom. The van der Waals surface area contributed by atoms with Crippen molar-refractivity contribution in [2.75, 3.05) is 16.8 Å². The molecule has 1 aliphatic heterocycles. The number of amides is 2. The second-order valence-electron chi connectivity index (χ2n) is 6.30. The van der Waals surface area contributed by atoms with Gasteiger partial charge in [0.25, 0.3) is 0 Å². The molecule has 1 N–H and O–H groups in total. The molecular formula is C21H20N4O. The van der Waals surface area contributed by atoms with Crippen molar-refractivity contribution < 1.29 is 4.79 Å². The van der Waals surface area contributed by atoms with E-state index in [1.54, 1.807) is 17.2 Å². The highest BCUT2D eigenvalue weighted by Crippen LogP contribution is 2.28. The van der Waals surface area contributed by atoms with Gasteiger partial charge in [0.05, 0.1) is 5.69 Å². The van der Waals surface area contributed by atoms with Gasteiger partial charge in [-0.3, -0.25) is 10.2 Å². The number of nitrogens with zero attached hydrogens (tertiary/aromatic N) is 3. The van der Waals surface area contributed by atoms with E-state index in [0.29, 0.717) is 12.4 Å². The van der Waals surface area contributed by atoms with Crippen molar-refractivity contribution in [2.45, 2.75) is 19.3 Å². The van der Waals surface area contributed by atoms with Crippen LogP contribution in [-0.2, 0) is 6.42 Å². The van der Waals surface area contributed by atoms with E-state index in [1.165, 1.54) is 0 Å². The van der Waals surface area contributed by atoms with Gasteiger partial charge in [0.15, 0.2) is 0 Å². The van der Waals surface area contributed by atoms with Crippen LogP contribution in [0.4, 0.5) is 16.4 Å². The fourth-order valence-electron chi connectivity index (χ4n) is 3.18. The minimum atomic E-state index is -0.190. The van der Waals surface area contributed by atoms with Crippen molar-refractivity contribution >= 4 is 17.7 Å². The van der Waals surface area contributed by atoms with Crippen LogP contribution in [0, 0.1) is 0 Å². The van der Waals surface area contributed by atoms with E-state index in [0.717, 1.165) is 41.9 Å². The third-order valence-corrected chi connectivity index (χ3v) is 4.50. The van der Waals surface area contributed by atoms with Gasteiger partial charge in [0.2, 0.25) is 0 Å². The predicted molar refractivity (Wildman–Crippen MR) is 103 cm³/mol. The number of benzene rings is 1. The number of pyridine rings is 2. The van der Waals surface area contributed by atoms with E-state index in [1.807, 2.05) is 48.5 Å². The average Bonchev–Trinajstić information content (AvgIpc) is 2.91. The molecule has 0 saturated heterocycles. The smallest absolute Gasteiger partial charge is 0.292 e. The number of aryl methyl sites for hydroxylation is 1. The van der Waals surface area contributed by atoms with Gasteiger partial charge in [-0.1, -0.05) is 42.5 Å². The Morgan fingerprint density at radius 1 is 0.962 bits per heavy atom. The fraction of sp³-hybridized carbons (Fsp3) is 0.190. The summed E-state index contributed by atoms with van der Waals surface area (Å²) >= 11 is 0. The Hall–Kier alpha value is -3.21. The maximum Gasteiger partial charge on any atom is 0.328 e. The number of nitrogens with one attached hydrogen (secondary N) is 1. The Morgan fingerprint density at radius 2 is 1.81 bits per heavy atom. The minimum absolute atomic E-state index is 0.190. The van der Waals surface area contributed by atoms with Gasteiger partial charge < -0.3 is 0 Å². The van der Waals surface area contributed by atoms with Crippen molar-refractivity contribution in [1.29, 1.82) is 0 Å². The van der Waals surface area contributed by atoms with Crippen LogP contribution in [0.3, 0.4) is 0 Å². The molecule has 2 amide bonds. The first-order valence-electron chi connectivity index (χ1n) is 8.86. The Bertz CT molecular complexity index is 896. The number of carbonyl (C=O) groups is 1. The molecule has 0 atom stereocenters. The molecule has 3 heterocycles. The summed E-state index contributed by atoms with van der Waals surface area (Å²) in [5.74, 6) is 1.29. The Kier molecular flexibility index (Phi) is 4.60. The van der Waals surface area contributed by atoms with Crippen molar-refractivity contribution in [3.05, 3.63) is 72.4 Å². The minimum Gasteiger partial charge on any atom is -0.292 e. The number of aromatic nitrogens is 2. The zero-order chi connectivity index (χ0) is 17.8. The third kappa shape index (κ3) is 3.42. The number of hydrogen-bond acceptors (Lipinski definition) is 3. The van der Waals surface area contributed by atoms with E-state index in [-0.39, 0.29) is 6.03 Å². The summed E-state index contributed by atoms with van der Waals surface area (Å²) in [5, 5.41) is 2.88. The number of anilines is 2. The molecule has 0 aliphatic carbocycles. The van der Waals surface area contributed by atoms with Gasteiger partial charge in [0, 0.05) is 18.3 Å². The Labute approximate surface area is 152 Å². The normalized spacial score (nSPS) is 13.6. The molecule has 0 fully saturated rings. The summed E-state index contributed by atoms with van der Waals surface area (Å²) in [6.07, 6.45) is 4.60. The summed E-state index contributed by atoms with van der Waals surface area (Å²) in [4.78, 5) is 23.6. The number of carbonyl (C=O) groups excluding carboxylic acids is 1. The third-order valence-electron chi connectivity index (χ3n) is 4.50. The van der Waals surface area contributed by atoms with Gasteiger partial charge in [-0.05, 0) is 43.0 Å². The summed E-state index contributed by atoms with van der Waals surface area (Å²) < 4.78 is 0. The quantitative estimate of drug-likeness (QED) is 0.744. The maximum atomic E-state index is 12.9. The van der Waals surface area contributed by atoms with Gasteiger partial charge >= 0.3 is 6.03 Å². The lowest BCUT2D eigenvalue weighted by molar-refractivity contribution is 0.256. The van der Waals surface area contributed by atoms with Gasteiger partial charge in [-0.2, -0.15) is 0 Å². The lowest BCUT2D eigenvalue weighted by Crippen LogP contribution is -2.36. The first-order valence-corrected chi connectivity index (χ1v) is 8.86. The Balaban J connectivity index is 1.68. The molecule has 0 radical (unpaired) electrons. The van der Waals surface area contributed by atoms with Crippen LogP contribution in [0.1, 0.15) is 18.4 Å². The number of hydrogen-bond donors (Lipinski definition) is 1. The first kappa shape index (κ1) is 16.3. The molecule has 130 valence electrons. The van der Waals surface area contributed by atoms with E-state index in [4.69, 9.17) is 4.98 Å². The van der Waals surface area contributed by atoms with Gasteiger partial charge in [0.1, 0.15) is 11.6 Å². The summed E-state index contributed by atoms with van der Waals surface area (Å²) in [5.41, 5.74) is 3.03. The van der Waals surface area contributed by atoms with Crippen molar-refractivity contribution in [2.24, 2.45) is 0 Å². The molecule has 1 aliphatic rings. The molecule has 2 aromatic heterocycles. The zero-order valence-corrected chi connectivity index (χ0v) is 14.4. The van der Waals surface area contributed by atoms with Crippen LogP contribution in [0.25, 0.3) is 11.3 Å². The molecule has 0 bridgehead atoms. The highest BCUT2D eigenvalue weighted by atomic mass is 16.2. The summed E-state index contributed by atoms with van der Waals surface area (Å²) in [7, 11) is 0. The molecule has 3 aromatic rings. The van der Waals surface area contributed by atoms with E-state index in [9.17, 15) is 4.79 Å². The molecule has 1 aromatic carbocycles. The van der Waals surface area contributed by atoms with Crippen LogP contribution in [0.5, 0.6) is 0 Å². The summed E-state index contributed by atoms with van der Waals surface area (Å²) in [6, 6.07) is 19.4. The SMILES string of the molecule is O=C(Nc1ccccn1)N1CCCCc2ccc(-c3ccccc3)nc21.